The van der Waals surface area contributed by atoms with E-state index in [0.717, 1.165) is 32.0 Å². The van der Waals surface area contributed by atoms with Gasteiger partial charge in [-0.25, -0.2) is 0 Å². The molecular weight excluding hydrogens is 168 g/mol. The maximum Gasteiger partial charge on any atom is 0.305 e. The SMILES string of the molecule is CCCCC(=O)OCCCCC=O. The van der Waals surface area contributed by atoms with Crippen LogP contribution < -0.4 is 0 Å². The monoisotopic (exact) mass is 186 g/mol. The van der Waals surface area contributed by atoms with Crippen LogP contribution in [0.25, 0.3) is 0 Å². The first-order valence-corrected chi connectivity index (χ1v) is 4.90. The Kier molecular flexibility index (Phi) is 8.62. The highest BCUT2D eigenvalue weighted by molar-refractivity contribution is 5.69. The van der Waals surface area contributed by atoms with Gasteiger partial charge in [0, 0.05) is 12.8 Å². The van der Waals surface area contributed by atoms with Crippen LogP contribution in [0.3, 0.4) is 0 Å². The first kappa shape index (κ1) is 12.1. The molecule has 3 heteroatoms. The summed E-state index contributed by atoms with van der Waals surface area (Å²) in [6.07, 6.45) is 5.48. The van der Waals surface area contributed by atoms with Crippen molar-refractivity contribution in [3.05, 3.63) is 0 Å². The van der Waals surface area contributed by atoms with E-state index in [1.54, 1.807) is 0 Å². The maximum absolute atomic E-state index is 10.9. The van der Waals surface area contributed by atoms with Crippen molar-refractivity contribution in [3.63, 3.8) is 0 Å². The van der Waals surface area contributed by atoms with Gasteiger partial charge in [0.1, 0.15) is 6.29 Å². The second-order valence-corrected chi connectivity index (χ2v) is 2.99. The zero-order valence-corrected chi connectivity index (χ0v) is 8.25. The quantitative estimate of drug-likeness (QED) is 0.331. The maximum atomic E-state index is 10.9. The van der Waals surface area contributed by atoms with Gasteiger partial charge in [-0.15, -0.1) is 0 Å². The van der Waals surface area contributed by atoms with Gasteiger partial charge >= 0.3 is 5.97 Å². The summed E-state index contributed by atoms with van der Waals surface area (Å²) in [6, 6.07) is 0. The van der Waals surface area contributed by atoms with Gasteiger partial charge in [0.2, 0.25) is 0 Å². The number of esters is 1. The molecule has 0 heterocycles. The summed E-state index contributed by atoms with van der Waals surface area (Å²) in [5.74, 6) is -0.118. The Morgan fingerprint density at radius 3 is 2.69 bits per heavy atom. The Morgan fingerprint density at radius 1 is 1.31 bits per heavy atom. The third-order valence-corrected chi connectivity index (χ3v) is 1.71. The molecule has 3 nitrogen and oxygen atoms in total. The fourth-order valence-electron chi connectivity index (χ4n) is 0.909. The van der Waals surface area contributed by atoms with E-state index in [9.17, 15) is 9.59 Å². The standard InChI is InChI=1S/C10H18O3/c1-2-3-7-10(12)13-9-6-4-5-8-11/h8H,2-7,9H2,1H3. The second kappa shape index (κ2) is 9.23. The zero-order chi connectivity index (χ0) is 9.94. The summed E-state index contributed by atoms with van der Waals surface area (Å²) >= 11 is 0. The number of hydrogen-bond acceptors (Lipinski definition) is 3. The molecule has 0 unspecified atom stereocenters. The minimum atomic E-state index is -0.118. The van der Waals surface area contributed by atoms with Crippen molar-refractivity contribution in [2.24, 2.45) is 0 Å². The van der Waals surface area contributed by atoms with E-state index in [0.29, 0.717) is 19.4 Å². The lowest BCUT2D eigenvalue weighted by Crippen LogP contribution is -2.05. The van der Waals surface area contributed by atoms with Gasteiger partial charge in [0.05, 0.1) is 6.61 Å². The highest BCUT2D eigenvalue weighted by Crippen LogP contribution is 1.98. The molecule has 0 bridgehead atoms. The molecule has 0 aromatic carbocycles. The topological polar surface area (TPSA) is 43.4 Å². The number of rotatable bonds is 8. The summed E-state index contributed by atoms with van der Waals surface area (Å²) in [7, 11) is 0. The second-order valence-electron chi connectivity index (χ2n) is 2.99. The third-order valence-electron chi connectivity index (χ3n) is 1.71. The van der Waals surface area contributed by atoms with Crippen molar-refractivity contribution in [2.45, 2.75) is 45.4 Å². The Labute approximate surface area is 79.5 Å². The summed E-state index contributed by atoms with van der Waals surface area (Å²) < 4.78 is 4.94. The van der Waals surface area contributed by atoms with Crippen LogP contribution >= 0.6 is 0 Å². The smallest absolute Gasteiger partial charge is 0.305 e. The number of hydrogen-bond donors (Lipinski definition) is 0. The normalized spacial score (nSPS) is 9.62. The van der Waals surface area contributed by atoms with E-state index in [2.05, 4.69) is 0 Å². The van der Waals surface area contributed by atoms with Crippen molar-refractivity contribution < 1.29 is 14.3 Å². The lowest BCUT2D eigenvalue weighted by molar-refractivity contribution is -0.143. The van der Waals surface area contributed by atoms with Gasteiger partial charge in [-0.3, -0.25) is 4.79 Å². The van der Waals surface area contributed by atoms with Crippen LogP contribution in [0.2, 0.25) is 0 Å². The van der Waals surface area contributed by atoms with E-state index in [4.69, 9.17) is 4.74 Å². The molecule has 0 spiro atoms. The first-order chi connectivity index (χ1) is 6.31. The molecule has 0 aliphatic heterocycles. The van der Waals surface area contributed by atoms with Crippen molar-refractivity contribution in [1.29, 1.82) is 0 Å². The summed E-state index contributed by atoms with van der Waals surface area (Å²) in [4.78, 5) is 20.9. The summed E-state index contributed by atoms with van der Waals surface area (Å²) in [6.45, 7) is 2.49. The Bertz CT molecular complexity index is 143. The molecule has 0 aromatic rings. The molecular formula is C10H18O3. The molecule has 0 aliphatic rings. The van der Waals surface area contributed by atoms with Crippen LogP contribution in [0.5, 0.6) is 0 Å². The molecule has 0 aromatic heterocycles. The minimum absolute atomic E-state index is 0.118. The molecule has 0 rings (SSSR count). The largest absolute Gasteiger partial charge is 0.466 e. The van der Waals surface area contributed by atoms with Gasteiger partial charge in [0.15, 0.2) is 0 Å². The van der Waals surface area contributed by atoms with Crippen LogP contribution in [0, 0.1) is 0 Å². The Morgan fingerprint density at radius 2 is 2.08 bits per heavy atom. The van der Waals surface area contributed by atoms with Crippen LogP contribution in [-0.2, 0) is 14.3 Å². The van der Waals surface area contributed by atoms with Crippen molar-refractivity contribution >= 4 is 12.3 Å². The van der Waals surface area contributed by atoms with Gasteiger partial charge in [-0.2, -0.15) is 0 Å². The minimum Gasteiger partial charge on any atom is -0.466 e. The molecule has 0 radical (unpaired) electrons. The van der Waals surface area contributed by atoms with Crippen molar-refractivity contribution in [1.82, 2.24) is 0 Å². The molecule has 0 saturated heterocycles. The van der Waals surface area contributed by atoms with Crippen molar-refractivity contribution in [3.8, 4) is 0 Å². The van der Waals surface area contributed by atoms with Gasteiger partial charge in [-0.05, 0) is 19.3 Å². The summed E-state index contributed by atoms with van der Waals surface area (Å²) in [5, 5.41) is 0. The number of ether oxygens (including phenoxy) is 1. The fraction of sp³-hybridized carbons (Fsp3) is 0.800. The number of aldehydes is 1. The average Bonchev–Trinajstić information content (AvgIpc) is 2.14. The van der Waals surface area contributed by atoms with Crippen LogP contribution in [-0.4, -0.2) is 18.9 Å². The molecule has 0 aliphatic carbocycles. The molecule has 13 heavy (non-hydrogen) atoms. The number of carbonyl (C=O) groups is 2. The zero-order valence-electron chi connectivity index (χ0n) is 8.25. The number of unbranched alkanes of at least 4 members (excludes halogenated alkanes) is 3. The molecule has 0 amide bonds. The lowest BCUT2D eigenvalue weighted by atomic mass is 10.2. The van der Waals surface area contributed by atoms with Gasteiger partial charge < -0.3 is 9.53 Å². The van der Waals surface area contributed by atoms with Crippen LogP contribution in [0.15, 0.2) is 0 Å². The molecule has 0 fully saturated rings. The highest BCUT2D eigenvalue weighted by Gasteiger charge is 2.00. The predicted octanol–water partition coefficient (Wildman–Crippen LogP) is 2.09. The number of carbonyl (C=O) groups excluding carboxylic acids is 2. The van der Waals surface area contributed by atoms with E-state index in [-0.39, 0.29) is 5.97 Å². The van der Waals surface area contributed by atoms with Crippen LogP contribution in [0.1, 0.15) is 45.4 Å². The summed E-state index contributed by atoms with van der Waals surface area (Å²) in [5.41, 5.74) is 0. The van der Waals surface area contributed by atoms with E-state index in [1.807, 2.05) is 6.92 Å². The fourth-order valence-corrected chi connectivity index (χ4v) is 0.909. The van der Waals surface area contributed by atoms with Crippen LogP contribution in [0.4, 0.5) is 0 Å². The van der Waals surface area contributed by atoms with Gasteiger partial charge in [0.25, 0.3) is 0 Å². The van der Waals surface area contributed by atoms with E-state index < -0.39 is 0 Å². The molecule has 0 saturated carbocycles. The van der Waals surface area contributed by atoms with E-state index in [1.165, 1.54) is 0 Å². The van der Waals surface area contributed by atoms with E-state index >= 15 is 0 Å². The average molecular weight is 186 g/mol. The molecule has 76 valence electrons. The highest BCUT2D eigenvalue weighted by atomic mass is 16.5. The molecule has 0 N–H and O–H groups in total. The van der Waals surface area contributed by atoms with Crippen molar-refractivity contribution in [2.75, 3.05) is 6.61 Å². The molecule has 0 atom stereocenters. The Balaban J connectivity index is 3.12. The third kappa shape index (κ3) is 9.05. The lowest BCUT2D eigenvalue weighted by Gasteiger charge is -2.02. The predicted molar refractivity (Wildman–Crippen MR) is 50.4 cm³/mol. The van der Waals surface area contributed by atoms with Gasteiger partial charge in [-0.1, -0.05) is 13.3 Å². The first-order valence-electron chi connectivity index (χ1n) is 4.90. The Hall–Kier alpha value is -0.860.